The fourth-order valence-corrected chi connectivity index (χ4v) is 5.07. The molecule has 1 amide bonds. The van der Waals surface area contributed by atoms with Gasteiger partial charge in [-0.05, 0) is 44.5 Å². The Morgan fingerprint density at radius 1 is 1.02 bits per heavy atom. The first kappa shape index (κ1) is 32.5. The first-order valence-electron chi connectivity index (χ1n) is 14.6. The van der Waals surface area contributed by atoms with Gasteiger partial charge in [-0.2, -0.15) is 0 Å². The number of carbonyl (C=O) groups excluding carboxylic acids is 1. The maximum atomic E-state index is 12.9. The lowest BCUT2D eigenvalue weighted by molar-refractivity contribution is -0.277. The van der Waals surface area contributed by atoms with Crippen molar-refractivity contribution in [2.45, 2.75) is 76.8 Å². The summed E-state index contributed by atoms with van der Waals surface area (Å²) in [7, 11) is 0. The fourth-order valence-electron chi connectivity index (χ4n) is 5.07. The van der Waals surface area contributed by atoms with Crippen molar-refractivity contribution in [2.24, 2.45) is 0 Å². The molecule has 0 aliphatic carbocycles. The van der Waals surface area contributed by atoms with Gasteiger partial charge >= 0.3 is 6.09 Å². The number of pyridine rings is 1. The van der Waals surface area contributed by atoms with Gasteiger partial charge in [0.25, 0.3) is 0 Å². The number of aromatic nitrogens is 3. The molecule has 3 heterocycles. The lowest BCUT2D eigenvalue weighted by atomic mass is 9.99. The Labute approximate surface area is 258 Å². The predicted molar refractivity (Wildman–Crippen MR) is 161 cm³/mol. The van der Waals surface area contributed by atoms with Gasteiger partial charge in [-0.15, -0.1) is 0 Å². The van der Waals surface area contributed by atoms with E-state index >= 15 is 0 Å². The van der Waals surface area contributed by atoms with Crippen LogP contribution in [0.25, 0.3) is 21.9 Å². The third-order valence-electron chi connectivity index (χ3n) is 7.26. The highest BCUT2D eigenvalue weighted by Crippen LogP contribution is 2.32. The summed E-state index contributed by atoms with van der Waals surface area (Å²) >= 11 is 0. The van der Waals surface area contributed by atoms with E-state index in [1.54, 1.807) is 38.1 Å². The van der Waals surface area contributed by atoms with Crippen LogP contribution in [-0.4, -0.2) is 95.7 Å². The van der Waals surface area contributed by atoms with Crippen molar-refractivity contribution in [1.82, 2.24) is 14.5 Å². The van der Waals surface area contributed by atoms with Gasteiger partial charge in [-0.3, -0.25) is 5.32 Å². The van der Waals surface area contributed by atoms with E-state index < -0.39 is 49.0 Å². The summed E-state index contributed by atoms with van der Waals surface area (Å²) in [5.41, 5.74) is 1.31. The van der Waals surface area contributed by atoms with Crippen LogP contribution in [0, 0.1) is 0 Å². The highest BCUT2D eigenvalue weighted by molar-refractivity contribution is 6.09. The average Bonchev–Trinajstić information content (AvgIpc) is 3.37. The number of rotatable bonds is 11. The maximum absolute atomic E-state index is 12.9. The molecule has 0 bridgehead atoms. The standard InChI is InChI=1S/C31H38N4O10/c1-4-42-15-22-33-23-24(35(22)16-31(2,3)41)19-7-5-6-8-20(19)32-28(23)34-30(40)43-14-17-9-11-18(12-10-17)44-29-27(39)26(38)25(37)21(13-36)45-29/h5-12,21,25-27,29,36-39,41H,4,13-16H2,1-3H3,(H,32,34,40)/t21-,25-,26+,27+,29+/m1/s1. The number of amides is 1. The van der Waals surface area contributed by atoms with Gasteiger partial charge in [0.15, 0.2) is 5.82 Å². The van der Waals surface area contributed by atoms with E-state index in [-0.39, 0.29) is 31.3 Å². The van der Waals surface area contributed by atoms with Crippen molar-refractivity contribution in [1.29, 1.82) is 0 Å². The number of ether oxygens (including phenoxy) is 4. The number of nitrogens with one attached hydrogen (secondary N) is 1. The van der Waals surface area contributed by atoms with Crippen LogP contribution >= 0.6 is 0 Å². The minimum atomic E-state index is -1.56. The number of nitrogens with zero attached hydrogens (tertiary/aromatic N) is 3. The summed E-state index contributed by atoms with van der Waals surface area (Å²) in [6.45, 7) is 5.54. The zero-order valence-electron chi connectivity index (χ0n) is 25.2. The minimum absolute atomic E-state index is 0.0917. The fraction of sp³-hybridized carbons (Fsp3) is 0.452. The third kappa shape index (κ3) is 7.34. The SMILES string of the molecule is CCOCc1nc2c(NC(=O)OCc3ccc(O[C@H]4O[C@H](CO)[C@@H](O)[C@H](O)[C@@H]4O)cc3)nc3ccccc3c2n1CC(C)(C)O. The molecule has 5 rings (SSSR count). The van der Waals surface area contributed by atoms with Gasteiger partial charge in [-0.25, -0.2) is 14.8 Å². The summed E-state index contributed by atoms with van der Waals surface area (Å²) in [6.07, 6.45) is -7.76. The van der Waals surface area contributed by atoms with E-state index in [2.05, 4.69) is 10.3 Å². The number of hydrogen-bond acceptors (Lipinski definition) is 12. The van der Waals surface area contributed by atoms with Crippen LogP contribution in [0.3, 0.4) is 0 Å². The maximum Gasteiger partial charge on any atom is 0.413 e. The molecule has 1 saturated heterocycles. The number of carbonyl (C=O) groups is 1. The molecule has 2 aromatic carbocycles. The van der Waals surface area contributed by atoms with Gasteiger partial charge in [-0.1, -0.05) is 30.3 Å². The molecule has 0 saturated carbocycles. The summed E-state index contributed by atoms with van der Waals surface area (Å²) in [6, 6.07) is 13.8. The minimum Gasteiger partial charge on any atom is -0.462 e. The Hall–Kier alpha value is -3.89. The zero-order valence-corrected chi connectivity index (χ0v) is 25.2. The molecule has 1 aliphatic rings. The Kier molecular flexibility index (Phi) is 9.84. The molecular formula is C31H38N4O10. The second kappa shape index (κ2) is 13.6. The van der Waals surface area contributed by atoms with E-state index in [4.69, 9.17) is 23.9 Å². The van der Waals surface area contributed by atoms with Crippen molar-refractivity contribution in [3.05, 3.63) is 59.9 Å². The van der Waals surface area contributed by atoms with Crippen LogP contribution in [0.2, 0.25) is 0 Å². The van der Waals surface area contributed by atoms with Gasteiger partial charge in [0, 0.05) is 12.0 Å². The largest absolute Gasteiger partial charge is 0.462 e. The number of imidazole rings is 1. The van der Waals surface area contributed by atoms with Crippen LogP contribution in [0.4, 0.5) is 10.6 Å². The molecule has 2 aromatic heterocycles. The molecule has 0 unspecified atom stereocenters. The zero-order chi connectivity index (χ0) is 32.3. The average molecular weight is 627 g/mol. The third-order valence-corrected chi connectivity index (χ3v) is 7.26. The second-order valence-corrected chi connectivity index (χ2v) is 11.4. The summed E-state index contributed by atoms with van der Waals surface area (Å²) in [4.78, 5) is 22.3. The summed E-state index contributed by atoms with van der Waals surface area (Å²) in [5, 5.41) is 53.7. The molecule has 1 fully saturated rings. The smallest absolute Gasteiger partial charge is 0.413 e. The van der Waals surface area contributed by atoms with Crippen molar-refractivity contribution >= 4 is 33.8 Å². The van der Waals surface area contributed by atoms with Crippen molar-refractivity contribution in [3.8, 4) is 5.75 Å². The molecule has 0 spiro atoms. The quantitative estimate of drug-likeness (QED) is 0.141. The van der Waals surface area contributed by atoms with Gasteiger partial charge in [0.2, 0.25) is 6.29 Å². The predicted octanol–water partition coefficient (Wildman–Crippen LogP) is 1.82. The molecular weight excluding hydrogens is 588 g/mol. The van der Waals surface area contributed by atoms with Crippen LogP contribution in [0.15, 0.2) is 48.5 Å². The van der Waals surface area contributed by atoms with E-state index in [1.807, 2.05) is 35.8 Å². The number of para-hydroxylation sites is 1. The molecule has 14 nitrogen and oxygen atoms in total. The van der Waals surface area contributed by atoms with Crippen LogP contribution in [0.5, 0.6) is 5.75 Å². The summed E-state index contributed by atoms with van der Waals surface area (Å²) in [5.74, 6) is 1.05. The Bertz CT molecular complexity index is 1620. The van der Waals surface area contributed by atoms with E-state index in [1.165, 1.54) is 0 Å². The number of benzene rings is 2. The normalized spacial score (nSPS) is 22.1. The number of aliphatic hydroxyl groups is 5. The van der Waals surface area contributed by atoms with E-state index in [0.29, 0.717) is 34.5 Å². The first-order chi connectivity index (χ1) is 21.5. The Morgan fingerprint density at radius 3 is 2.44 bits per heavy atom. The van der Waals surface area contributed by atoms with Crippen molar-refractivity contribution in [2.75, 3.05) is 18.5 Å². The molecule has 5 atom stereocenters. The first-order valence-corrected chi connectivity index (χ1v) is 14.6. The van der Waals surface area contributed by atoms with Crippen molar-refractivity contribution in [3.63, 3.8) is 0 Å². The molecule has 242 valence electrons. The van der Waals surface area contributed by atoms with Crippen LogP contribution < -0.4 is 10.1 Å². The van der Waals surface area contributed by atoms with Gasteiger partial charge in [0.1, 0.15) is 54.7 Å². The van der Waals surface area contributed by atoms with Gasteiger partial charge < -0.3 is 49.0 Å². The molecule has 45 heavy (non-hydrogen) atoms. The highest BCUT2D eigenvalue weighted by Gasteiger charge is 2.44. The summed E-state index contributed by atoms with van der Waals surface area (Å²) < 4.78 is 24.0. The molecule has 4 aromatic rings. The van der Waals surface area contributed by atoms with Crippen LogP contribution in [0.1, 0.15) is 32.2 Å². The Balaban J connectivity index is 1.30. The second-order valence-electron chi connectivity index (χ2n) is 11.4. The highest BCUT2D eigenvalue weighted by atomic mass is 16.7. The molecule has 14 heteroatoms. The molecule has 1 aliphatic heterocycles. The topological polar surface area (TPSA) is 198 Å². The van der Waals surface area contributed by atoms with E-state index in [9.17, 15) is 30.3 Å². The van der Waals surface area contributed by atoms with Crippen LogP contribution in [-0.2, 0) is 34.0 Å². The number of fused-ring (bicyclic) bond motifs is 3. The number of anilines is 1. The molecule has 0 radical (unpaired) electrons. The Morgan fingerprint density at radius 2 is 1.76 bits per heavy atom. The number of hydrogen-bond donors (Lipinski definition) is 6. The monoisotopic (exact) mass is 626 g/mol. The number of aliphatic hydroxyl groups excluding tert-OH is 4. The van der Waals surface area contributed by atoms with Gasteiger partial charge in [0.05, 0.1) is 29.8 Å². The lowest BCUT2D eigenvalue weighted by Crippen LogP contribution is -2.60. The van der Waals surface area contributed by atoms with E-state index in [0.717, 1.165) is 5.39 Å². The van der Waals surface area contributed by atoms with Crippen molar-refractivity contribution < 1.29 is 49.3 Å². The molecule has 6 N–H and O–H groups in total. The lowest BCUT2D eigenvalue weighted by Gasteiger charge is -2.39.